The molecule has 4 nitrogen and oxygen atoms in total. The monoisotopic (exact) mass is 222 g/mol. The van der Waals surface area contributed by atoms with E-state index in [0.717, 1.165) is 5.56 Å². The molecule has 1 aliphatic heterocycles. The highest BCUT2D eigenvalue weighted by Crippen LogP contribution is 2.29. The van der Waals surface area contributed by atoms with Crippen molar-refractivity contribution in [1.29, 1.82) is 0 Å². The van der Waals surface area contributed by atoms with E-state index in [-0.39, 0.29) is 24.9 Å². The molecule has 2 N–H and O–H groups in total. The van der Waals surface area contributed by atoms with Crippen LogP contribution in [0, 0.1) is 0 Å². The van der Waals surface area contributed by atoms with Crippen LogP contribution < -0.4 is 0 Å². The fraction of sp³-hybridized carbons (Fsp3) is 0.417. The van der Waals surface area contributed by atoms with Crippen molar-refractivity contribution in [1.82, 2.24) is 0 Å². The zero-order valence-electron chi connectivity index (χ0n) is 8.74. The number of Topliss-reactive ketones (excluding diaryl/α,β-unsaturated/α-hetero) is 1. The summed E-state index contributed by atoms with van der Waals surface area (Å²) in [5, 5.41) is 18.5. The standard InChI is InChI=1S/C12H14O4/c13-7-11-12(15)9(14)6-10(16-11)8-4-2-1-3-5-8/h1-5,10-13,15H,6-7H2/t10-,11+,12-/m0/s1. The zero-order valence-corrected chi connectivity index (χ0v) is 8.74. The Morgan fingerprint density at radius 2 is 2.00 bits per heavy atom. The number of carbonyl (C=O) groups is 1. The van der Waals surface area contributed by atoms with Crippen LogP contribution in [0.5, 0.6) is 0 Å². The number of ketones is 1. The minimum absolute atomic E-state index is 0.154. The third-order valence-corrected chi connectivity index (χ3v) is 2.76. The van der Waals surface area contributed by atoms with E-state index in [1.165, 1.54) is 0 Å². The second-order valence-electron chi connectivity index (χ2n) is 3.87. The van der Waals surface area contributed by atoms with Gasteiger partial charge in [-0.1, -0.05) is 30.3 Å². The summed E-state index contributed by atoms with van der Waals surface area (Å²) in [6.45, 7) is -0.351. The van der Waals surface area contributed by atoms with E-state index in [9.17, 15) is 9.90 Å². The van der Waals surface area contributed by atoms with Crippen molar-refractivity contribution < 1.29 is 19.7 Å². The molecule has 0 aromatic heterocycles. The maximum atomic E-state index is 11.5. The Morgan fingerprint density at radius 3 is 2.62 bits per heavy atom. The van der Waals surface area contributed by atoms with Gasteiger partial charge in [-0.3, -0.25) is 4.79 Å². The second kappa shape index (κ2) is 4.74. The molecule has 1 heterocycles. The first-order valence-corrected chi connectivity index (χ1v) is 5.24. The van der Waals surface area contributed by atoms with Crippen molar-refractivity contribution in [3.05, 3.63) is 35.9 Å². The van der Waals surface area contributed by atoms with E-state index in [0.29, 0.717) is 0 Å². The third-order valence-electron chi connectivity index (χ3n) is 2.76. The number of hydrogen-bond donors (Lipinski definition) is 2. The molecular formula is C12H14O4. The first-order valence-electron chi connectivity index (χ1n) is 5.24. The van der Waals surface area contributed by atoms with Gasteiger partial charge in [0, 0.05) is 6.42 Å². The van der Waals surface area contributed by atoms with Crippen molar-refractivity contribution in [3.63, 3.8) is 0 Å². The molecule has 86 valence electrons. The van der Waals surface area contributed by atoms with Gasteiger partial charge < -0.3 is 14.9 Å². The number of hydrogen-bond acceptors (Lipinski definition) is 4. The number of aliphatic hydroxyl groups excluding tert-OH is 2. The second-order valence-corrected chi connectivity index (χ2v) is 3.87. The summed E-state index contributed by atoms with van der Waals surface area (Å²) < 4.78 is 5.48. The molecule has 2 rings (SSSR count). The van der Waals surface area contributed by atoms with Crippen LogP contribution in [0.4, 0.5) is 0 Å². The van der Waals surface area contributed by atoms with Crippen LogP contribution in [-0.2, 0) is 9.53 Å². The fourth-order valence-electron chi connectivity index (χ4n) is 1.85. The molecule has 0 spiro atoms. The summed E-state index contributed by atoms with van der Waals surface area (Å²) in [6, 6.07) is 9.34. The minimum atomic E-state index is -1.20. The average molecular weight is 222 g/mol. The lowest BCUT2D eigenvalue weighted by Gasteiger charge is -2.32. The number of rotatable bonds is 2. The highest BCUT2D eigenvalue weighted by molar-refractivity contribution is 5.84. The summed E-state index contributed by atoms with van der Waals surface area (Å²) in [6.07, 6.45) is -2.23. The van der Waals surface area contributed by atoms with Crippen LogP contribution >= 0.6 is 0 Å². The number of aliphatic hydroxyl groups is 2. The van der Waals surface area contributed by atoms with Gasteiger partial charge in [0.2, 0.25) is 0 Å². The zero-order chi connectivity index (χ0) is 11.5. The van der Waals surface area contributed by atoms with E-state index in [1.54, 1.807) is 0 Å². The molecule has 1 aromatic rings. The molecule has 0 radical (unpaired) electrons. The van der Waals surface area contributed by atoms with Gasteiger partial charge in [0.15, 0.2) is 5.78 Å². The highest BCUT2D eigenvalue weighted by atomic mass is 16.5. The van der Waals surface area contributed by atoms with Gasteiger partial charge in [-0.15, -0.1) is 0 Å². The summed E-state index contributed by atoms with van der Waals surface area (Å²) in [5.74, 6) is -0.279. The normalized spacial score (nSPS) is 30.4. The number of benzene rings is 1. The Hall–Kier alpha value is -1.23. The largest absolute Gasteiger partial charge is 0.394 e. The molecule has 1 aliphatic rings. The highest BCUT2D eigenvalue weighted by Gasteiger charge is 2.36. The van der Waals surface area contributed by atoms with Gasteiger partial charge in [0.25, 0.3) is 0 Å². The summed E-state index contributed by atoms with van der Waals surface area (Å²) in [7, 11) is 0. The fourth-order valence-corrected chi connectivity index (χ4v) is 1.85. The maximum absolute atomic E-state index is 11.5. The molecule has 1 fully saturated rings. The van der Waals surface area contributed by atoms with E-state index in [4.69, 9.17) is 9.84 Å². The smallest absolute Gasteiger partial charge is 0.166 e. The summed E-state index contributed by atoms with van der Waals surface area (Å²) in [4.78, 5) is 11.5. The van der Waals surface area contributed by atoms with Crippen LogP contribution in [0.15, 0.2) is 30.3 Å². The number of carbonyl (C=O) groups excluding carboxylic acids is 1. The van der Waals surface area contributed by atoms with Gasteiger partial charge in [0.05, 0.1) is 12.7 Å². The van der Waals surface area contributed by atoms with Gasteiger partial charge in [0.1, 0.15) is 12.2 Å². The van der Waals surface area contributed by atoms with Gasteiger partial charge in [-0.25, -0.2) is 0 Å². The molecule has 3 atom stereocenters. The molecular weight excluding hydrogens is 208 g/mol. The average Bonchev–Trinajstić information content (AvgIpc) is 2.33. The molecule has 16 heavy (non-hydrogen) atoms. The Morgan fingerprint density at radius 1 is 1.31 bits per heavy atom. The van der Waals surface area contributed by atoms with Crippen molar-refractivity contribution >= 4 is 5.78 Å². The van der Waals surface area contributed by atoms with E-state index in [2.05, 4.69) is 0 Å². The molecule has 0 amide bonds. The SMILES string of the molecule is O=C1C[C@@H](c2ccccc2)O[C@H](CO)[C@H]1O. The Bertz CT molecular complexity index is 363. The van der Waals surface area contributed by atoms with E-state index >= 15 is 0 Å². The van der Waals surface area contributed by atoms with Crippen LogP contribution in [0.2, 0.25) is 0 Å². The van der Waals surface area contributed by atoms with Crippen LogP contribution in [-0.4, -0.2) is 34.8 Å². The predicted octanol–water partition coefficient (Wildman–Crippen LogP) is 0.439. The van der Waals surface area contributed by atoms with Crippen LogP contribution in [0.25, 0.3) is 0 Å². The lowest BCUT2D eigenvalue weighted by molar-refractivity contribution is -0.164. The Kier molecular flexibility index (Phi) is 3.33. The molecule has 0 aliphatic carbocycles. The van der Waals surface area contributed by atoms with Crippen molar-refractivity contribution in [2.24, 2.45) is 0 Å². The van der Waals surface area contributed by atoms with E-state index < -0.39 is 12.2 Å². The van der Waals surface area contributed by atoms with Gasteiger partial charge in [-0.2, -0.15) is 0 Å². The topological polar surface area (TPSA) is 66.8 Å². The van der Waals surface area contributed by atoms with Crippen LogP contribution in [0.1, 0.15) is 18.1 Å². The van der Waals surface area contributed by atoms with Crippen molar-refractivity contribution in [2.75, 3.05) is 6.61 Å². The van der Waals surface area contributed by atoms with Crippen molar-refractivity contribution in [3.8, 4) is 0 Å². The molecule has 1 aromatic carbocycles. The first kappa shape index (κ1) is 11.3. The van der Waals surface area contributed by atoms with Crippen molar-refractivity contribution in [2.45, 2.75) is 24.7 Å². The Balaban J connectivity index is 2.16. The third kappa shape index (κ3) is 2.14. The molecule has 4 heteroatoms. The summed E-state index contributed by atoms with van der Waals surface area (Å²) >= 11 is 0. The molecule has 0 unspecified atom stereocenters. The predicted molar refractivity (Wildman–Crippen MR) is 56.8 cm³/mol. The molecule has 0 saturated carbocycles. The molecule has 0 bridgehead atoms. The minimum Gasteiger partial charge on any atom is -0.394 e. The van der Waals surface area contributed by atoms with Gasteiger partial charge >= 0.3 is 0 Å². The molecule has 1 saturated heterocycles. The maximum Gasteiger partial charge on any atom is 0.166 e. The van der Waals surface area contributed by atoms with E-state index in [1.807, 2.05) is 30.3 Å². The van der Waals surface area contributed by atoms with Gasteiger partial charge in [-0.05, 0) is 5.56 Å². The number of ether oxygens (including phenoxy) is 1. The Labute approximate surface area is 93.5 Å². The summed E-state index contributed by atoms with van der Waals surface area (Å²) in [5.41, 5.74) is 0.890. The first-order chi connectivity index (χ1) is 7.72. The quantitative estimate of drug-likeness (QED) is 0.762. The van der Waals surface area contributed by atoms with Crippen LogP contribution in [0.3, 0.4) is 0 Å². The lowest BCUT2D eigenvalue weighted by atomic mass is 9.95. The lowest BCUT2D eigenvalue weighted by Crippen LogP contribution is -2.44.